The molecule has 6 nitrogen and oxygen atoms in total. The molecule has 1 N–H and O–H groups in total. The summed E-state index contributed by atoms with van der Waals surface area (Å²) in [4.78, 5) is 30.3. The van der Waals surface area contributed by atoms with Crippen LogP contribution in [0.1, 0.15) is 23.2 Å². The lowest BCUT2D eigenvalue weighted by atomic mass is 9.95. The number of benzene rings is 1. The first-order valence-corrected chi connectivity index (χ1v) is 9.26. The van der Waals surface area contributed by atoms with Gasteiger partial charge in [0.05, 0.1) is 5.56 Å². The lowest BCUT2D eigenvalue weighted by Crippen LogP contribution is -2.42. The van der Waals surface area contributed by atoms with Crippen molar-refractivity contribution < 1.29 is 14.3 Å². The van der Waals surface area contributed by atoms with Gasteiger partial charge in [0.2, 0.25) is 11.8 Å². The number of carbonyl (C=O) groups is 2. The Morgan fingerprint density at radius 3 is 2.62 bits per heavy atom. The second kappa shape index (κ2) is 8.31. The van der Waals surface area contributed by atoms with Crippen molar-refractivity contribution in [3.8, 4) is 11.6 Å². The third-order valence-electron chi connectivity index (χ3n) is 4.40. The first-order valence-electron chi connectivity index (χ1n) is 8.47. The highest BCUT2D eigenvalue weighted by atomic mass is 79.9. The van der Waals surface area contributed by atoms with E-state index in [1.165, 1.54) is 6.20 Å². The molecule has 136 valence electrons. The fraction of sp³-hybridized carbons (Fsp3) is 0.316. The number of hydrogen-bond acceptors (Lipinski definition) is 4. The third kappa shape index (κ3) is 4.40. The predicted molar refractivity (Wildman–Crippen MR) is 101 cm³/mol. The lowest BCUT2D eigenvalue weighted by molar-refractivity contribution is -0.125. The van der Waals surface area contributed by atoms with Gasteiger partial charge in [-0.05, 0) is 37.1 Å². The van der Waals surface area contributed by atoms with Gasteiger partial charge in [-0.2, -0.15) is 0 Å². The number of likely N-dealkylation sites (tertiary alicyclic amines) is 1. The number of halogens is 1. The highest BCUT2D eigenvalue weighted by molar-refractivity contribution is 9.10. The van der Waals surface area contributed by atoms with Gasteiger partial charge in [-0.25, -0.2) is 4.98 Å². The van der Waals surface area contributed by atoms with Gasteiger partial charge in [0, 0.05) is 42.8 Å². The quantitative estimate of drug-likeness (QED) is 0.828. The lowest BCUT2D eigenvalue weighted by Gasteiger charge is -2.31. The molecule has 1 fully saturated rings. The van der Waals surface area contributed by atoms with Gasteiger partial charge >= 0.3 is 0 Å². The molecule has 1 aliphatic heterocycles. The molecule has 2 heterocycles. The van der Waals surface area contributed by atoms with Crippen molar-refractivity contribution >= 4 is 27.7 Å². The summed E-state index contributed by atoms with van der Waals surface area (Å²) in [5.41, 5.74) is 0.519. The average molecular weight is 418 g/mol. The zero-order valence-electron chi connectivity index (χ0n) is 14.4. The van der Waals surface area contributed by atoms with E-state index >= 15 is 0 Å². The zero-order valence-corrected chi connectivity index (χ0v) is 16.0. The van der Waals surface area contributed by atoms with Crippen LogP contribution in [0.5, 0.6) is 11.6 Å². The Labute approximate surface area is 160 Å². The summed E-state index contributed by atoms with van der Waals surface area (Å²) in [5, 5.41) is 2.67. The van der Waals surface area contributed by atoms with E-state index in [4.69, 9.17) is 4.74 Å². The van der Waals surface area contributed by atoms with Gasteiger partial charge in [-0.15, -0.1) is 0 Å². The number of pyridine rings is 1. The Bertz CT molecular complexity index is 787. The molecule has 0 spiro atoms. The Hall–Kier alpha value is -2.41. The van der Waals surface area contributed by atoms with Crippen LogP contribution in [0, 0.1) is 5.92 Å². The highest BCUT2D eigenvalue weighted by Gasteiger charge is 2.27. The summed E-state index contributed by atoms with van der Waals surface area (Å²) in [6, 6.07) is 10.9. The second-order valence-corrected chi connectivity index (χ2v) is 7.04. The molecule has 0 saturated carbocycles. The van der Waals surface area contributed by atoms with Crippen molar-refractivity contribution in [2.45, 2.75) is 12.8 Å². The topological polar surface area (TPSA) is 71.5 Å². The standard InChI is InChI=1S/C19H20BrN3O3/c1-21-18(24)13-7-9-23(10-8-13)19(25)14-5-6-17(22-12-14)26-16-4-2-3-15(20)11-16/h2-6,11-13H,7-10H2,1H3,(H,21,24). The van der Waals surface area contributed by atoms with Gasteiger partial charge in [-0.1, -0.05) is 22.0 Å². The minimum absolute atomic E-state index is 0.0110. The molecule has 26 heavy (non-hydrogen) atoms. The largest absolute Gasteiger partial charge is 0.439 e. The minimum atomic E-state index is -0.0677. The Morgan fingerprint density at radius 1 is 1.23 bits per heavy atom. The molecule has 1 aromatic carbocycles. The first-order chi connectivity index (χ1) is 12.6. The SMILES string of the molecule is CNC(=O)C1CCN(C(=O)c2ccc(Oc3cccc(Br)c3)nc2)CC1. The van der Waals surface area contributed by atoms with Crippen molar-refractivity contribution in [3.63, 3.8) is 0 Å². The molecule has 0 atom stereocenters. The van der Waals surface area contributed by atoms with Crippen molar-refractivity contribution in [2.75, 3.05) is 20.1 Å². The van der Waals surface area contributed by atoms with E-state index in [1.807, 2.05) is 24.3 Å². The van der Waals surface area contributed by atoms with Crippen molar-refractivity contribution in [2.24, 2.45) is 5.92 Å². The number of amides is 2. The second-order valence-electron chi connectivity index (χ2n) is 6.13. The van der Waals surface area contributed by atoms with E-state index in [-0.39, 0.29) is 17.7 Å². The number of hydrogen-bond donors (Lipinski definition) is 1. The molecule has 1 saturated heterocycles. The van der Waals surface area contributed by atoms with Crippen molar-refractivity contribution in [3.05, 3.63) is 52.6 Å². The summed E-state index contributed by atoms with van der Waals surface area (Å²) < 4.78 is 6.60. The molecule has 0 radical (unpaired) electrons. The number of aromatic nitrogens is 1. The summed E-state index contributed by atoms with van der Waals surface area (Å²) in [5.74, 6) is 1.07. The van der Waals surface area contributed by atoms with E-state index in [0.717, 1.165) is 4.47 Å². The fourth-order valence-electron chi connectivity index (χ4n) is 2.95. The average Bonchev–Trinajstić information content (AvgIpc) is 2.67. The van der Waals surface area contributed by atoms with E-state index in [1.54, 1.807) is 24.1 Å². The van der Waals surface area contributed by atoms with Crippen LogP contribution in [-0.4, -0.2) is 41.8 Å². The van der Waals surface area contributed by atoms with Gasteiger partial charge in [-0.3, -0.25) is 9.59 Å². The van der Waals surface area contributed by atoms with Crippen LogP contribution in [-0.2, 0) is 4.79 Å². The molecule has 0 bridgehead atoms. The Kier molecular flexibility index (Phi) is 5.88. The molecule has 2 amide bonds. The molecule has 3 rings (SSSR count). The van der Waals surface area contributed by atoms with E-state index in [2.05, 4.69) is 26.2 Å². The summed E-state index contributed by atoms with van der Waals surface area (Å²) in [7, 11) is 1.64. The predicted octanol–water partition coefficient (Wildman–Crippen LogP) is 3.23. The van der Waals surface area contributed by atoms with Crippen LogP contribution in [0.4, 0.5) is 0 Å². The molecular formula is C19H20BrN3O3. The fourth-order valence-corrected chi connectivity index (χ4v) is 3.33. The van der Waals surface area contributed by atoms with Crippen LogP contribution < -0.4 is 10.1 Å². The molecule has 0 aliphatic carbocycles. The highest BCUT2D eigenvalue weighted by Crippen LogP contribution is 2.24. The monoisotopic (exact) mass is 417 g/mol. The van der Waals surface area contributed by atoms with Gasteiger partial charge in [0.15, 0.2) is 0 Å². The Balaban J connectivity index is 1.60. The van der Waals surface area contributed by atoms with Gasteiger partial charge in [0.25, 0.3) is 5.91 Å². The molecular weight excluding hydrogens is 398 g/mol. The van der Waals surface area contributed by atoms with Crippen LogP contribution in [0.2, 0.25) is 0 Å². The normalized spacial score (nSPS) is 14.8. The molecule has 7 heteroatoms. The smallest absolute Gasteiger partial charge is 0.255 e. The van der Waals surface area contributed by atoms with Crippen LogP contribution in [0.25, 0.3) is 0 Å². The summed E-state index contributed by atoms with van der Waals surface area (Å²) >= 11 is 3.39. The summed E-state index contributed by atoms with van der Waals surface area (Å²) in [6.45, 7) is 1.15. The van der Waals surface area contributed by atoms with Crippen LogP contribution >= 0.6 is 15.9 Å². The molecule has 0 unspecified atom stereocenters. The number of nitrogens with one attached hydrogen (secondary N) is 1. The maximum absolute atomic E-state index is 12.6. The minimum Gasteiger partial charge on any atom is -0.439 e. The number of carbonyl (C=O) groups excluding carboxylic acids is 2. The maximum atomic E-state index is 12.6. The molecule has 2 aromatic rings. The number of piperidine rings is 1. The zero-order chi connectivity index (χ0) is 18.5. The van der Waals surface area contributed by atoms with E-state index < -0.39 is 0 Å². The third-order valence-corrected chi connectivity index (χ3v) is 4.89. The summed E-state index contributed by atoms with van der Waals surface area (Å²) in [6.07, 6.45) is 2.90. The molecule has 1 aliphatic rings. The van der Waals surface area contributed by atoms with Gasteiger partial charge < -0.3 is 15.0 Å². The number of ether oxygens (including phenoxy) is 1. The van der Waals surface area contributed by atoms with Crippen molar-refractivity contribution in [1.82, 2.24) is 15.2 Å². The Morgan fingerprint density at radius 2 is 2.00 bits per heavy atom. The van der Waals surface area contributed by atoms with E-state index in [0.29, 0.717) is 43.1 Å². The number of nitrogens with zero attached hydrogens (tertiary/aromatic N) is 2. The number of rotatable bonds is 4. The first kappa shape index (κ1) is 18.4. The van der Waals surface area contributed by atoms with Crippen LogP contribution in [0.3, 0.4) is 0 Å². The van der Waals surface area contributed by atoms with Crippen LogP contribution in [0.15, 0.2) is 47.1 Å². The maximum Gasteiger partial charge on any atom is 0.255 e. The molecule has 1 aromatic heterocycles. The van der Waals surface area contributed by atoms with Crippen molar-refractivity contribution in [1.29, 1.82) is 0 Å². The van der Waals surface area contributed by atoms with E-state index in [9.17, 15) is 9.59 Å². The van der Waals surface area contributed by atoms with Gasteiger partial charge in [0.1, 0.15) is 5.75 Å².